The maximum atomic E-state index is 13.5. The molecule has 0 saturated carbocycles. The summed E-state index contributed by atoms with van der Waals surface area (Å²) in [5.74, 6) is -1.57. The van der Waals surface area contributed by atoms with E-state index in [9.17, 15) is 23.2 Å². The molecule has 0 aromatic heterocycles. The van der Waals surface area contributed by atoms with E-state index in [4.69, 9.17) is 11.1 Å². The zero-order valence-corrected chi connectivity index (χ0v) is 19.3. The molecular weight excluding hydrogens is 472 g/mol. The van der Waals surface area contributed by atoms with Gasteiger partial charge < -0.3 is 25.6 Å². The summed E-state index contributed by atoms with van der Waals surface area (Å²) in [7, 11) is 0. The molecule has 11 heteroatoms. The third kappa shape index (κ3) is 5.35. The molecule has 0 aliphatic carbocycles. The minimum Gasteiger partial charge on any atom is -0.435 e. The Morgan fingerprint density at radius 1 is 1.00 bits per heavy atom. The van der Waals surface area contributed by atoms with E-state index in [-0.39, 0.29) is 41.6 Å². The molecule has 2 aromatic carbocycles. The first kappa shape index (κ1) is 24.8. The number of rotatable bonds is 8. The maximum Gasteiger partial charge on any atom is 0.387 e. The molecule has 0 radical (unpaired) electrons. The third-order valence-corrected chi connectivity index (χ3v) is 6.02. The molecule has 36 heavy (non-hydrogen) atoms. The molecule has 188 valence electrons. The summed E-state index contributed by atoms with van der Waals surface area (Å²) in [6, 6.07) is 12.6. The number of carbonyl (C=O) groups is 3. The van der Waals surface area contributed by atoms with E-state index < -0.39 is 24.1 Å². The fourth-order valence-electron chi connectivity index (χ4n) is 4.27. The van der Waals surface area contributed by atoms with Crippen LogP contribution in [0.2, 0.25) is 0 Å². The molecule has 1 saturated heterocycles. The van der Waals surface area contributed by atoms with Gasteiger partial charge in [-0.1, -0.05) is 6.07 Å². The zero-order chi connectivity index (χ0) is 25.8. The number of primary amides is 1. The van der Waals surface area contributed by atoms with E-state index in [2.05, 4.69) is 10.1 Å². The highest BCUT2D eigenvalue weighted by Gasteiger charge is 2.32. The van der Waals surface area contributed by atoms with E-state index in [1.54, 1.807) is 29.2 Å². The highest BCUT2D eigenvalue weighted by molar-refractivity contribution is 6.44. The Kier molecular flexibility index (Phi) is 7.28. The average molecular weight is 498 g/mol. The van der Waals surface area contributed by atoms with E-state index in [0.29, 0.717) is 18.7 Å². The molecule has 2 aliphatic rings. The van der Waals surface area contributed by atoms with E-state index >= 15 is 0 Å². The van der Waals surface area contributed by atoms with E-state index in [1.807, 2.05) is 0 Å². The van der Waals surface area contributed by atoms with Gasteiger partial charge in [-0.2, -0.15) is 8.78 Å². The fraction of sp³-hybridized carbons (Fsp3) is 0.280. The van der Waals surface area contributed by atoms with Crippen LogP contribution in [0, 0.1) is 5.41 Å². The lowest BCUT2D eigenvalue weighted by molar-refractivity contribution is -0.119. The molecule has 2 aromatic rings. The number of anilines is 3. The normalized spacial score (nSPS) is 16.4. The fourth-order valence-corrected chi connectivity index (χ4v) is 4.27. The van der Waals surface area contributed by atoms with Gasteiger partial charge in [0.1, 0.15) is 17.2 Å². The van der Waals surface area contributed by atoms with Gasteiger partial charge in [0.05, 0.1) is 0 Å². The zero-order valence-electron chi connectivity index (χ0n) is 19.3. The Bertz CT molecular complexity index is 1230. The second kappa shape index (κ2) is 10.5. The number of nitrogens with two attached hydrogens (primary N) is 1. The largest absolute Gasteiger partial charge is 0.435 e. The van der Waals surface area contributed by atoms with Gasteiger partial charge in [-0.25, -0.2) is 0 Å². The summed E-state index contributed by atoms with van der Waals surface area (Å²) in [5.41, 5.74) is 6.42. The summed E-state index contributed by atoms with van der Waals surface area (Å²) in [4.78, 5) is 40.7. The van der Waals surface area contributed by atoms with Crippen LogP contribution in [-0.4, -0.2) is 43.1 Å². The van der Waals surface area contributed by atoms with Gasteiger partial charge in [0.2, 0.25) is 5.91 Å². The summed E-state index contributed by atoms with van der Waals surface area (Å²) in [5, 5.41) is 10.9. The SMILES string of the molecule is N=C(C(N)=O)C1=C(Nc2cccc(OC(F)F)c2)C(=O)N(c2ccc(N3CCCCC3=O)cc2)CC1. The van der Waals surface area contributed by atoms with Crippen molar-refractivity contribution < 1.29 is 27.9 Å². The summed E-state index contributed by atoms with van der Waals surface area (Å²) in [6.45, 7) is -2.19. The molecule has 2 heterocycles. The topological polar surface area (TPSA) is 129 Å². The monoisotopic (exact) mass is 497 g/mol. The number of benzene rings is 2. The number of halogens is 2. The summed E-state index contributed by atoms with van der Waals surface area (Å²) < 4.78 is 29.7. The number of ether oxygens (including phenoxy) is 1. The van der Waals surface area contributed by atoms with Crippen molar-refractivity contribution in [2.75, 3.05) is 28.2 Å². The van der Waals surface area contributed by atoms with Crippen molar-refractivity contribution in [2.24, 2.45) is 5.73 Å². The van der Waals surface area contributed by atoms with Gasteiger partial charge in [-0.05, 0) is 55.7 Å². The van der Waals surface area contributed by atoms with Gasteiger partial charge >= 0.3 is 6.61 Å². The number of nitrogens with one attached hydrogen (secondary N) is 2. The number of hydrogen-bond acceptors (Lipinski definition) is 6. The van der Waals surface area contributed by atoms with Crippen molar-refractivity contribution in [2.45, 2.75) is 32.3 Å². The first-order valence-corrected chi connectivity index (χ1v) is 11.4. The molecule has 3 amide bonds. The molecule has 4 N–H and O–H groups in total. The van der Waals surface area contributed by atoms with Crippen LogP contribution in [0.4, 0.5) is 25.8 Å². The highest BCUT2D eigenvalue weighted by Crippen LogP contribution is 2.30. The summed E-state index contributed by atoms with van der Waals surface area (Å²) >= 11 is 0. The Morgan fingerprint density at radius 2 is 1.69 bits per heavy atom. The van der Waals surface area contributed by atoms with Crippen LogP contribution in [0.25, 0.3) is 0 Å². The molecule has 0 unspecified atom stereocenters. The second-order valence-electron chi connectivity index (χ2n) is 8.35. The molecule has 4 rings (SSSR count). The number of alkyl halides is 2. The number of carbonyl (C=O) groups excluding carboxylic acids is 3. The maximum absolute atomic E-state index is 13.5. The molecular formula is C25H25F2N5O4. The minimum atomic E-state index is -3.02. The van der Waals surface area contributed by atoms with Crippen molar-refractivity contribution in [1.29, 1.82) is 5.41 Å². The lowest BCUT2D eigenvalue weighted by Crippen LogP contribution is -2.42. The van der Waals surface area contributed by atoms with Gasteiger partial charge in [-0.3, -0.25) is 19.8 Å². The molecule has 0 spiro atoms. The lowest BCUT2D eigenvalue weighted by atomic mass is 9.98. The molecule has 0 bridgehead atoms. The predicted octanol–water partition coefficient (Wildman–Crippen LogP) is 3.41. The molecule has 9 nitrogen and oxygen atoms in total. The lowest BCUT2D eigenvalue weighted by Gasteiger charge is -2.32. The van der Waals surface area contributed by atoms with Gasteiger partial charge in [-0.15, -0.1) is 0 Å². The first-order valence-electron chi connectivity index (χ1n) is 11.4. The molecule has 1 fully saturated rings. The number of amides is 3. The van der Waals surface area contributed by atoms with Crippen LogP contribution >= 0.6 is 0 Å². The Labute approximate surface area is 206 Å². The molecule has 2 aliphatic heterocycles. The number of nitrogens with zero attached hydrogens (tertiary/aromatic N) is 2. The Hall–Kier alpha value is -4.28. The van der Waals surface area contributed by atoms with Crippen LogP contribution in [0.3, 0.4) is 0 Å². The smallest absolute Gasteiger partial charge is 0.387 e. The first-order chi connectivity index (χ1) is 17.2. The number of hydrogen-bond donors (Lipinski definition) is 3. The average Bonchev–Trinajstić information content (AvgIpc) is 2.85. The quantitative estimate of drug-likeness (QED) is 0.482. The Balaban J connectivity index is 1.62. The van der Waals surface area contributed by atoms with Crippen LogP contribution in [0.1, 0.15) is 25.7 Å². The third-order valence-electron chi connectivity index (χ3n) is 6.02. The van der Waals surface area contributed by atoms with Crippen molar-refractivity contribution in [3.8, 4) is 5.75 Å². The van der Waals surface area contributed by atoms with Crippen molar-refractivity contribution in [1.82, 2.24) is 0 Å². The minimum absolute atomic E-state index is 0.0603. The van der Waals surface area contributed by atoms with Gasteiger partial charge in [0, 0.05) is 48.2 Å². The van der Waals surface area contributed by atoms with E-state index in [1.165, 1.54) is 29.2 Å². The van der Waals surface area contributed by atoms with Crippen molar-refractivity contribution in [3.05, 3.63) is 59.8 Å². The van der Waals surface area contributed by atoms with Gasteiger partial charge in [0.15, 0.2) is 0 Å². The van der Waals surface area contributed by atoms with E-state index in [0.717, 1.165) is 18.5 Å². The molecule has 0 atom stereocenters. The number of piperidine rings is 1. The predicted molar refractivity (Wildman–Crippen MR) is 130 cm³/mol. The second-order valence-corrected chi connectivity index (χ2v) is 8.35. The summed E-state index contributed by atoms with van der Waals surface area (Å²) in [6.07, 6.45) is 2.47. The highest BCUT2D eigenvalue weighted by atomic mass is 19.3. The van der Waals surface area contributed by atoms with Gasteiger partial charge in [0.25, 0.3) is 11.8 Å². The van der Waals surface area contributed by atoms with Crippen molar-refractivity contribution >= 4 is 40.5 Å². The van der Waals surface area contributed by atoms with Crippen LogP contribution in [0.5, 0.6) is 5.75 Å². The van der Waals surface area contributed by atoms with Crippen LogP contribution in [0.15, 0.2) is 59.8 Å². The van der Waals surface area contributed by atoms with Crippen molar-refractivity contribution in [3.63, 3.8) is 0 Å². The Morgan fingerprint density at radius 3 is 2.33 bits per heavy atom. The van der Waals surface area contributed by atoms with Crippen LogP contribution in [-0.2, 0) is 14.4 Å². The van der Waals surface area contributed by atoms with Crippen LogP contribution < -0.4 is 25.6 Å². The standard InChI is InChI=1S/C25H25F2N5O4/c26-25(27)36-18-5-3-4-15(14-18)30-22-19(21(28)23(29)34)11-13-32(24(22)35)17-9-7-16(8-10-17)31-12-2-1-6-20(31)33/h3-5,7-10,14,25,28,30H,1-2,6,11-13H2,(H2,29,34).